The van der Waals surface area contributed by atoms with Gasteiger partial charge in [0.1, 0.15) is 4.33 Å². The van der Waals surface area contributed by atoms with Gasteiger partial charge >= 0.3 is 0 Å². The molecule has 1 aliphatic carbocycles. The normalized spacial score (nSPS) is 29.7. The number of nitrogens with one attached hydrogen (secondary N) is 1. The molecule has 0 heterocycles. The SMILES string of the molecule is CC(NC(=O)[C@]1(C)[C@@H](C)C1(Cl)Cl)c1ccc(Cl)cc1. The predicted molar refractivity (Wildman–Crippen MR) is 79.7 cm³/mol. The molecule has 0 bridgehead atoms. The standard InChI is InChI=1S/C14H16Cl3NO/c1-8(10-4-6-11(15)7-5-10)18-12(19)13(3)9(2)14(13,16)17/h4-9H,1-3H3,(H,18,19)/t8?,9-,13+/m1/s1. The van der Waals surface area contributed by atoms with Crippen molar-refractivity contribution in [3.05, 3.63) is 34.9 Å². The largest absolute Gasteiger partial charge is 0.349 e. The van der Waals surface area contributed by atoms with E-state index < -0.39 is 9.75 Å². The molecule has 1 fully saturated rings. The molecule has 1 aliphatic rings. The number of carbonyl (C=O) groups excluding carboxylic acids is 1. The molecule has 2 nitrogen and oxygen atoms in total. The predicted octanol–water partition coefficient (Wildman–Crippen LogP) is 4.35. The summed E-state index contributed by atoms with van der Waals surface area (Å²) in [5.74, 6) is -0.173. The lowest BCUT2D eigenvalue weighted by molar-refractivity contribution is -0.126. The van der Waals surface area contributed by atoms with Crippen molar-refractivity contribution in [1.82, 2.24) is 5.32 Å². The van der Waals surface area contributed by atoms with Gasteiger partial charge in [0, 0.05) is 10.9 Å². The van der Waals surface area contributed by atoms with Crippen LogP contribution in [0.1, 0.15) is 32.4 Å². The maximum absolute atomic E-state index is 12.3. The summed E-state index contributed by atoms with van der Waals surface area (Å²) in [6.07, 6.45) is 0. The highest BCUT2D eigenvalue weighted by Gasteiger charge is 2.74. The minimum atomic E-state index is -0.975. The first-order valence-electron chi connectivity index (χ1n) is 6.15. The van der Waals surface area contributed by atoms with Crippen LogP contribution in [-0.2, 0) is 4.79 Å². The Hall–Kier alpha value is -0.440. The monoisotopic (exact) mass is 319 g/mol. The van der Waals surface area contributed by atoms with Gasteiger partial charge in [0.15, 0.2) is 0 Å². The van der Waals surface area contributed by atoms with Crippen LogP contribution in [0.15, 0.2) is 24.3 Å². The number of halogens is 3. The molecule has 0 aliphatic heterocycles. The van der Waals surface area contributed by atoms with E-state index in [1.807, 2.05) is 26.0 Å². The van der Waals surface area contributed by atoms with E-state index in [4.69, 9.17) is 34.8 Å². The number of carbonyl (C=O) groups is 1. The fourth-order valence-corrected chi connectivity index (χ4v) is 3.22. The number of hydrogen-bond donors (Lipinski definition) is 1. The molecule has 19 heavy (non-hydrogen) atoms. The Balaban J connectivity index is 2.06. The molecule has 1 saturated carbocycles. The van der Waals surface area contributed by atoms with Crippen molar-refractivity contribution in [3.8, 4) is 0 Å². The van der Waals surface area contributed by atoms with Crippen molar-refractivity contribution in [1.29, 1.82) is 0 Å². The van der Waals surface area contributed by atoms with Gasteiger partial charge < -0.3 is 5.32 Å². The third-order valence-electron chi connectivity index (χ3n) is 4.21. The van der Waals surface area contributed by atoms with E-state index in [-0.39, 0.29) is 17.9 Å². The smallest absolute Gasteiger partial charge is 0.229 e. The third kappa shape index (κ3) is 2.35. The Kier molecular flexibility index (Phi) is 3.81. The van der Waals surface area contributed by atoms with E-state index in [1.54, 1.807) is 19.1 Å². The molecular formula is C14H16Cl3NO. The number of amides is 1. The van der Waals surface area contributed by atoms with Gasteiger partial charge in [-0.25, -0.2) is 0 Å². The molecule has 0 aromatic heterocycles. The molecule has 0 radical (unpaired) electrons. The van der Waals surface area contributed by atoms with Crippen LogP contribution in [-0.4, -0.2) is 10.2 Å². The zero-order valence-electron chi connectivity index (χ0n) is 11.0. The highest BCUT2D eigenvalue weighted by atomic mass is 35.5. The van der Waals surface area contributed by atoms with Crippen LogP contribution in [0.4, 0.5) is 0 Å². The summed E-state index contributed by atoms with van der Waals surface area (Å²) in [6, 6.07) is 7.27. The zero-order chi connectivity index (χ0) is 14.4. The number of rotatable bonds is 3. The van der Waals surface area contributed by atoms with E-state index in [1.165, 1.54) is 0 Å². The zero-order valence-corrected chi connectivity index (χ0v) is 13.3. The van der Waals surface area contributed by atoms with Crippen LogP contribution in [0.5, 0.6) is 0 Å². The third-order valence-corrected chi connectivity index (χ3v) is 5.90. The lowest BCUT2D eigenvalue weighted by atomic mass is 10.0. The lowest BCUT2D eigenvalue weighted by Gasteiger charge is -2.18. The summed E-state index contributed by atoms with van der Waals surface area (Å²) in [5, 5.41) is 3.63. The molecular weight excluding hydrogens is 305 g/mol. The van der Waals surface area contributed by atoms with Gasteiger partial charge in [-0.2, -0.15) is 0 Å². The van der Waals surface area contributed by atoms with Crippen LogP contribution >= 0.6 is 34.8 Å². The van der Waals surface area contributed by atoms with Gasteiger partial charge in [0.2, 0.25) is 5.91 Å². The summed E-state index contributed by atoms with van der Waals surface area (Å²) in [5.41, 5.74) is 0.265. The molecule has 1 amide bonds. The van der Waals surface area contributed by atoms with Crippen molar-refractivity contribution >= 4 is 40.7 Å². The summed E-state index contributed by atoms with van der Waals surface area (Å²) in [4.78, 5) is 12.3. The van der Waals surface area contributed by atoms with Crippen LogP contribution in [0, 0.1) is 11.3 Å². The lowest BCUT2D eigenvalue weighted by Crippen LogP contribution is -2.35. The molecule has 5 heteroatoms. The molecule has 0 saturated heterocycles. The summed E-state index contributed by atoms with van der Waals surface area (Å²) < 4.78 is -0.975. The fraction of sp³-hybridized carbons (Fsp3) is 0.500. The quantitative estimate of drug-likeness (QED) is 0.824. The molecule has 104 valence electrons. The maximum Gasteiger partial charge on any atom is 0.229 e. The first-order chi connectivity index (χ1) is 8.71. The molecule has 1 unspecified atom stereocenters. The Morgan fingerprint density at radius 1 is 1.32 bits per heavy atom. The van der Waals surface area contributed by atoms with Crippen molar-refractivity contribution in [2.45, 2.75) is 31.1 Å². The topological polar surface area (TPSA) is 29.1 Å². The maximum atomic E-state index is 12.3. The number of hydrogen-bond acceptors (Lipinski definition) is 1. The van der Waals surface area contributed by atoms with Crippen LogP contribution in [0.3, 0.4) is 0 Å². The van der Waals surface area contributed by atoms with Crippen molar-refractivity contribution in [3.63, 3.8) is 0 Å². The second-order valence-electron chi connectivity index (χ2n) is 5.29. The summed E-state index contributed by atoms with van der Waals surface area (Å²) >= 11 is 18.1. The van der Waals surface area contributed by atoms with Gasteiger partial charge in [-0.3, -0.25) is 4.79 Å². The van der Waals surface area contributed by atoms with E-state index in [0.717, 1.165) is 5.56 Å². The number of benzene rings is 1. The molecule has 3 atom stereocenters. The summed E-state index contributed by atoms with van der Waals surface area (Å²) in [7, 11) is 0. The average molecular weight is 321 g/mol. The minimum Gasteiger partial charge on any atom is -0.349 e. The van der Waals surface area contributed by atoms with E-state index in [9.17, 15) is 4.79 Å². The summed E-state index contributed by atoms with van der Waals surface area (Å²) in [6.45, 7) is 5.59. The molecule has 1 aromatic carbocycles. The van der Waals surface area contributed by atoms with Gasteiger partial charge in [0.05, 0.1) is 11.5 Å². The van der Waals surface area contributed by atoms with Crippen molar-refractivity contribution < 1.29 is 4.79 Å². The van der Waals surface area contributed by atoms with Gasteiger partial charge in [-0.15, -0.1) is 23.2 Å². The first kappa shape index (κ1) is 15.0. The van der Waals surface area contributed by atoms with Crippen LogP contribution < -0.4 is 5.32 Å². The molecule has 0 spiro atoms. The second-order valence-corrected chi connectivity index (χ2v) is 7.12. The molecule has 1 aromatic rings. The Morgan fingerprint density at radius 2 is 1.79 bits per heavy atom. The Labute approximate surface area is 128 Å². The van der Waals surface area contributed by atoms with Gasteiger partial charge in [0.25, 0.3) is 0 Å². The Bertz CT molecular complexity index is 500. The Morgan fingerprint density at radius 3 is 2.21 bits per heavy atom. The van der Waals surface area contributed by atoms with Gasteiger partial charge in [-0.1, -0.05) is 30.7 Å². The van der Waals surface area contributed by atoms with E-state index >= 15 is 0 Å². The second kappa shape index (κ2) is 4.83. The van der Waals surface area contributed by atoms with Crippen molar-refractivity contribution in [2.75, 3.05) is 0 Å². The highest BCUT2D eigenvalue weighted by molar-refractivity contribution is 6.53. The fourth-order valence-electron chi connectivity index (χ4n) is 2.26. The highest BCUT2D eigenvalue weighted by Crippen LogP contribution is 2.68. The van der Waals surface area contributed by atoms with Gasteiger partial charge in [-0.05, 0) is 31.5 Å². The first-order valence-corrected chi connectivity index (χ1v) is 7.29. The van der Waals surface area contributed by atoms with Crippen LogP contribution in [0.2, 0.25) is 5.02 Å². The van der Waals surface area contributed by atoms with E-state index in [2.05, 4.69) is 5.32 Å². The minimum absolute atomic E-state index is 0.0549. The average Bonchev–Trinajstić information content (AvgIpc) is 2.75. The van der Waals surface area contributed by atoms with Crippen molar-refractivity contribution in [2.24, 2.45) is 11.3 Å². The number of alkyl halides is 2. The van der Waals surface area contributed by atoms with E-state index in [0.29, 0.717) is 5.02 Å². The van der Waals surface area contributed by atoms with Crippen LogP contribution in [0.25, 0.3) is 0 Å². The molecule has 1 N–H and O–H groups in total. The molecule has 2 rings (SSSR count).